The Morgan fingerprint density at radius 2 is 2.12 bits per heavy atom. The molecule has 0 saturated carbocycles. The number of ether oxygens (including phenoxy) is 1. The van der Waals surface area contributed by atoms with Gasteiger partial charge in [-0.05, 0) is 75.6 Å². The largest absolute Gasteiger partial charge is 0.462 e. The molecule has 134 valence electrons. The molecule has 4 nitrogen and oxygen atoms in total. The lowest BCUT2D eigenvalue weighted by atomic mass is 9.86. The van der Waals surface area contributed by atoms with Crippen LogP contribution in [0.15, 0.2) is 14.3 Å². The van der Waals surface area contributed by atoms with E-state index in [1.165, 1.54) is 27.6 Å². The van der Waals surface area contributed by atoms with Crippen molar-refractivity contribution in [1.29, 1.82) is 0 Å². The number of carbonyl (C=O) groups excluding carboxylic acids is 2. The van der Waals surface area contributed by atoms with Crippen LogP contribution in [0.5, 0.6) is 0 Å². The summed E-state index contributed by atoms with van der Waals surface area (Å²) in [6.45, 7) is 4.24. The fourth-order valence-corrected chi connectivity index (χ4v) is 6.30. The molecule has 0 saturated heterocycles. The molecule has 0 aliphatic heterocycles. The molecule has 0 bridgehead atoms. The molecule has 0 fully saturated rings. The highest BCUT2D eigenvalue weighted by molar-refractivity contribution is 9.13. The van der Waals surface area contributed by atoms with Crippen molar-refractivity contribution >= 4 is 71.4 Å². The van der Waals surface area contributed by atoms with E-state index >= 15 is 0 Å². The number of fused-ring (bicyclic) bond motifs is 1. The zero-order chi connectivity index (χ0) is 18.1. The first-order valence-corrected chi connectivity index (χ1v) is 11.2. The molecule has 2 heterocycles. The average molecular weight is 507 g/mol. The minimum absolute atomic E-state index is 0.215. The Hall–Kier alpha value is -0.700. The number of hydrogen-bond acceptors (Lipinski definition) is 5. The van der Waals surface area contributed by atoms with E-state index in [1.807, 2.05) is 0 Å². The topological polar surface area (TPSA) is 55.4 Å². The lowest BCUT2D eigenvalue weighted by Crippen LogP contribution is -2.16. The normalized spacial score (nSPS) is 16.4. The molecule has 2 aromatic heterocycles. The van der Waals surface area contributed by atoms with E-state index in [2.05, 4.69) is 44.1 Å². The SMILES string of the molecule is CCOC(=O)c1c(NC(=O)c2cc(Br)c(Br)s2)sc2c1C(C)CCC2. The van der Waals surface area contributed by atoms with Gasteiger partial charge in [-0.15, -0.1) is 22.7 Å². The second-order valence-electron chi connectivity index (χ2n) is 5.84. The van der Waals surface area contributed by atoms with Crippen molar-refractivity contribution in [3.05, 3.63) is 35.2 Å². The third-order valence-corrected chi connectivity index (χ3v) is 8.57. The van der Waals surface area contributed by atoms with Crippen molar-refractivity contribution in [1.82, 2.24) is 0 Å². The minimum Gasteiger partial charge on any atom is -0.462 e. The summed E-state index contributed by atoms with van der Waals surface area (Å²) in [5.74, 6) is -0.263. The molecule has 0 aromatic carbocycles. The van der Waals surface area contributed by atoms with Gasteiger partial charge in [-0.3, -0.25) is 4.79 Å². The Morgan fingerprint density at radius 1 is 1.36 bits per heavy atom. The highest BCUT2D eigenvalue weighted by Gasteiger charge is 2.31. The molecule has 1 atom stereocenters. The first-order valence-electron chi connectivity index (χ1n) is 8.01. The molecule has 8 heteroatoms. The molecule has 2 aromatic rings. The van der Waals surface area contributed by atoms with Crippen LogP contribution in [-0.2, 0) is 11.2 Å². The predicted molar refractivity (Wildman–Crippen MR) is 109 cm³/mol. The van der Waals surface area contributed by atoms with Gasteiger partial charge in [0.1, 0.15) is 5.00 Å². The number of aryl methyl sites for hydroxylation is 1. The number of amides is 1. The summed E-state index contributed by atoms with van der Waals surface area (Å²) in [7, 11) is 0. The molecule has 1 unspecified atom stereocenters. The molecular formula is C17H17Br2NO3S2. The van der Waals surface area contributed by atoms with Crippen LogP contribution in [0.1, 0.15) is 63.1 Å². The Morgan fingerprint density at radius 3 is 2.76 bits per heavy atom. The summed E-state index contributed by atoms with van der Waals surface area (Å²) >= 11 is 9.65. The van der Waals surface area contributed by atoms with E-state index in [1.54, 1.807) is 13.0 Å². The van der Waals surface area contributed by atoms with Gasteiger partial charge in [0.05, 0.1) is 20.8 Å². The maximum Gasteiger partial charge on any atom is 0.341 e. The van der Waals surface area contributed by atoms with Crippen LogP contribution in [0.25, 0.3) is 0 Å². The van der Waals surface area contributed by atoms with E-state index in [-0.39, 0.29) is 11.9 Å². The molecule has 3 rings (SSSR count). The molecule has 0 radical (unpaired) electrons. The van der Waals surface area contributed by atoms with Crippen molar-refractivity contribution in [2.45, 2.75) is 39.0 Å². The van der Waals surface area contributed by atoms with Crippen molar-refractivity contribution in [2.24, 2.45) is 0 Å². The van der Waals surface area contributed by atoms with E-state index < -0.39 is 0 Å². The van der Waals surface area contributed by atoms with Gasteiger partial charge in [-0.2, -0.15) is 0 Å². The first-order chi connectivity index (χ1) is 11.9. The number of esters is 1. The molecule has 1 N–H and O–H groups in total. The fourth-order valence-electron chi connectivity index (χ4n) is 3.03. The van der Waals surface area contributed by atoms with Crippen LogP contribution in [0.3, 0.4) is 0 Å². The summed E-state index contributed by atoms with van der Waals surface area (Å²) in [4.78, 5) is 26.9. The third kappa shape index (κ3) is 3.86. The Labute approximate surface area is 171 Å². The highest BCUT2D eigenvalue weighted by atomic mass is 79.9. The highest BCUT2D eigenvalue weighted by Crippen LogP contribution is 2.44. The lowest BCUT2D eigenvalue weighted by molar-refractivity contribution is 0.0526. The Kier molecular flexibility index (Phi) is 6.03. The number of halogens is 2. The summed E-state index contributed by atoms with van der Waals surface area (Å²) < 4.78 is 6.96. The van der Waals surface area contributed by atoms with Crippen LogP contribution in [0.2, 0.25) is 0 Å². The molecule has 25 heavy (non-hydrogen) atoms. The zero-order valence-electron chi connectivity index (χ0n) is 13.8. The Balaban J connectivity index is 1.97. The quantitative estimate of drug-likeness (QED) is 0.502. The number of anilines is 1. The molecular weight excluding hydrogens is 490 g/mol. The summed E-state index contributed by atoms with van der Waals surface area (Å²) in [5.41, 5.74) is 1.59. The van der Waals surface area contributed by atoms with Crippen molar-refractivity contribution < 1.29 is 14.3 Å². The zero-order valence-corrected chi connectivity index (χ0v) is 18.6. The second-order valence-corrected chi connectivity index (χ2v) is 10.2. The number of nitrogens with one attached hydrogen (secondary N) is 1. The first kappa shape index (κ1) is 19.1. The molecule has 0 spiro atoms. The molecule has 1 aliphatic rings. The van der Waals surface area contributed by atoms with Gasteiger partial charge >= 0.3 is 5.97 Å². The van der Waals surface area contributed by atoms with Gasteiger partial charge in [0.25, 0.3) is 5.91 Å². The number of carbonyl (C=O) groups is 2. The number of hydrogen-bond donors (Lipinski definition) is 1. The molecule has 1 amide bonds. The van der Waals surface area contributed by atoms with Crippen molar-refractivity contribution in [3.8, 4) is 0 Å². The van der Waals surface area contributed by atoms with Crippen LogP contribution in [0, 0.1) is 0 Å². The minimum atomic E-state index is -0.349. The van der Waals surface area contributed by atoms with Gasteiger partial charge in [0, 0.05) is 9.35 Å². The van der Waals surface area contributed by atoms with Gasteiger partial charge in [-0.1, -0.05) is 6.92 Å². The van der Waals surface area contributed by atoms with Crippen LogP contribution in [0.4, 0.5) is 5.00 Å². The average Bonchev–Trinajstić information content (AvgIpc) is 3.09. The van der Waals surface area contributed by atoms with Crippen molar-refractivity contribution in [2.75, 3.05) is 11.9 Å². The lowest BCUT2D eigenvalue weighted by Gasteiger charge is -2.19. The van der Waals surface area contributed by atoms with E-state index in [9.17, 15) is 9.59 Å². The predicted octanol–water partition coefficient (Wildman–Crippen LogP) is 6.20. The second kappa shape index (κ2) is 7.90. The smallest absolute Gasteiger partial charge is 0.341 e. The van der Waals surface area contributed by atoms with Gasteiger partial charge in [-0.25, -0.2) is 4.79 Å². The summed E-state index contributed by atoms with van der Waals surface area (Å²) in [6.07, 6.45) is 3.10. The van der Waals surface area contributed by atoms with Gasteiger partial charge in [0.15, 0.2) is 0 Å². The monoisotopic (exact) mass is 505 g/mol. The number of rotatable bonds is 4. The molecule has 1 aliphatic carbocycles. The van der Waals surface area contributed by atoms with Crippen LogP contribution < -0.4 is 5.32 Å². The van der Waals surface area contributed by atoms with Crippen molar-refractivity contribution in [3.63, 3.8) is 0 Å². The Bertz CT molecular complexity index is 809. The maximum absolute atomic E-state index is 12.6. The van der Waals surface area contributed by atoms with Gasteiger partial charge in [0.2, 0.25) is 0 Å². The van der Waals surface area contributed by atoms with E-state index in [0.717, 1.165) is 33.1 Å². The van der Waals surface area contributed by atoms with Crippen LogP contribution >= 0.6 is 54.5 Å². The third-order valence-electron chi connectivity index (χ3n) is 4.13. The summed E-state index contributed by atoms with van der Waals surface area (Å²) in [6, 6.07) is 1.77. The standard InChI is InChI=1S/C17H17Br2NO3S2/c1-3-23-17(22)13-12-8(2)5-4-6-10(12)25-16(13)20-15(21)11-7-9(18)14(19)24-11/h7-8H,3-6H2,1-2H3,(H,20,21). The van der Waals surface area contributed by atoms with Gasteiger partial charge < -0.3 is 10.1 Å². The van der Waals surface area contributed by atoms with E-state index in [4.69, 9.17) is 4.74 Å². The van der Waals surface area contributed by atoms with Crippen LogP contribution in [-0.4, -0.2) is 18.5 Å². The number of thiophene rings is 2. The summed E-state index contributed by atoms with van der Waals surface area (Å²) in [5, 5.41) is 3.53. The fraction of sp³-hybridized carbons (Fsp3) is 0.412. The maximum atomic E-state index is 12.6. The van der Waals surface area contributed by atoms with E-state index in [0.29, 0.717) is 28.0 Å².